The molecule has 7 nitrogen and oxygen atoms in total. The highest BCUT2D eigenvalue weighted by atomic mass is 16.5. The fraction of sp³-hybridized carbons (Fsp3) is 0.765. The number of ether oxygens (including phenoxy) is 1. The molecule has 2 N–H and O–H groups in total. The van der Waals surface area contributed by atoms with Crippen molar-refractivity contribution in [2.75, 3.05) is 32.8 Å². The van der Waals surface area contributed by atoms with Crippen molar-refractivity contribution in [3.05, 3.63) is 18.0 Å². The van der Waals surface area contributed by atoms with E-state index in [9.17, 15) is 5.11 Å². The maximum atomic E-state index is 10.6. The van der Waals surface area contributed by atoms with E-state index in [1.165, 1.54) is 0 Å². The number of aryl methyl sites for hydroxylation is 1. The Bertz CT molecular complexity index is 565. The highest BCUT2D eigenvalue weighted by molar-refractivity contribution is 5.80. The first-order valence-electron chi connectivity index (χ1n) is 8.95. The fourth-order valence-corrected chi connectivity index (χ4v) is 3.49. The molecule has 24 heavy (non-hydrogen) atoms. The molecule has 0 spiro atoms. The van der Waals surface area contributed by atoms with Crippen molar-refractivity contribution in [2.24, 2.45) is 12.0 Å². The maximum Gasteiger partial charge on any atom is 0.194 e. The third kappa shape index (κ3) is 4.08. The molecular weight excluding hydrogens is 306 g/mol. The Balaban J connectivity index is 1.68. The van der Waals surface area contributed by atoms with Gasteiger partial charge in [0, 0.05) is 31.9 Å². The van der Waals surface area contributed by atoms with E-state index in [1.807, 2.05) is 19.4 Å². The second-order valence-electron chi connectivity index (χ2n) is 6.85. The molecule has 2 fully saturated rings. The molecule has 134 valence electrons. The van der Waals surface area contributed by atoms with Gasteiger partial charge in [0.05, 0.1) is 31.5 Å². The monoisotopic (exact) mass is 335 g/mol. The zero-order valence-electron chi connectivity index (χ0n) is 14.7. The van der Waals surface area contributed by atoms with Gasteiger partial charge in [-0.15, -0.1) is 0 Å². The Kier molecular flexibility index (Phi) is 5.40. The highest BCUT2D eigenvalue weighted by Gasteiger charge is 2.31. The molecule has 7 heteroatoms. The van der Waals surface area contributed by atoms with Crippen LogP contribution >= 0.6 is 0 Å². The van der Waals surface area contributed by atoms with Crippen LogP contribution in [0.25, 0.3) is 0 Å². The first-order valence-corrected chi connectivity index (χ1v) is 8.95. The smallest absolute Gasteiger partial charge is 0.194 e. The predicted octanol–water partition coefficient (Wildman–Crippen LogP) is 1.06. The lowest BCUT2D eigenvalue weighted by Gasteiger charge is -2.35. The van der Waals surface area contributed by atoms with Crippen molar-refractivity contribution in [1.82, 2.24) is 20.0 Å². The number of aromatic nitrogens is 2. The number of guanidine groups is 1. The lowest BCUT2D eigenvalue weighted by atomic mass is 10.0. The summed E-state index contributed by atoms with van der Waals surface area (Å²) in [6.07, 6.45) is 7.78. The van der Waals surface area contributed by atoms with Crippen LogP contribution in [-0.4, -0.2) is 64.1 Å². The molecule has 3 rings (SSSR count). The van der Waals surface area contributed by atoms with Crippen LogP contribution in [0, 0.1) is 0 Å². The van der Waals surface area contributed by atoms with Gasteiger partial charge in [-0.05, 0) is 19.8 Å². The molecular formula is C17H29N5O2. The molecule has 1 aromatic rings. The van der Waals surface area contributed by atoms with Gasteiger partial charge in [-0.3, -0.25) is 9.67 Å². The molecule has 0 aromatic carbocycles. The average molecular weight is 335 g/mol. The number of nitrogens with zero attached hydrogens (tertiary/aromatic N) is 4. The van der Waals surface area contributed by atoms with Crippen LogP contribution in [0.2, 0.25) is 0 Å². The number of hydrogen-bond acceptors (Lipinski definition) is 4. The normalized spacial score (nSPS) is 24.4. The van der Waals surface area contributed by atoms with Gasteiger partial charge in [0.25, 0.3) is 0 Å². The Hall–Kier alpha value is -1.60. The first kappa shape index (κ1) is 17.2. The lowest BCUT2D eigenvalue weighted by molar-refractivity contribution is -0.00834. The van der Waals surface area contributed by atoms with E-state index in [-0.39, 0.29) is 6.10 Å². The summed E-state index contributed by atoms with van der Waals surface area (Å²) in [6, 6.07) is 0. The summed E-state index contributed by atoms with van der Waals surface area (Å²) in [4.78, 5) is 6.95. The molecule has 1 saturated heterocycles. The summed E-state index contributed by atoms with van der Waals surface area (Å²) < 4.78 is 7.70. The molecule has 2 aliphatic rings. The van der Waals surface area contributed by atoms with Gasteiger partial charge in [-0.1, -0.05) is 12.8 Å². The van der Waals surface area contributed by atoms with Crippen molar-refractivity contribution < 1.29 is 9.84 Å². The second-order valence-corrected chi connectivity index (χ2v) is 6.85. The minimum atomic E-state index is -0.615. The molecule has 2 heterocycles. The van der Waals surface area contributed by atoms with Gasteiger partial charge in [0.15, 0.2) is 5.96 Å². The highest BCUT2D eigenvalue weighted by Crippen LogP contribution is 2.29. The van der Waals surface area contributed by atoms with Gasteiger partial charge in [-0.25, -0.2) is 0 Å². The number of rotatable bonds is 4. The standard InChI is InChI=1S/C17H29N5O2/c1-3-18-16(19-13-17(23)6-4-5-7-17)22-8-9-24-15(12-22)14-10-20-21(2)11-14/h10-11,15,23H,3-9,12-13H2,1-2H3,(H,18,19). The van der Waals surface area contributed by atoms with E-state index in [0.29, 0.717) is 13.2 Å². The van der Waals surface area contributed by atoms with Gasteiger partial charge in [0.2, 0.25) is 0 Å². The summed E-state index contributed by atoms with van der Waals surface area (Å²) in [7, 11) is 1.91. The predicted molar refractivity (Wildman–Crippen MR) is 92.9 cm³/mol. The van der Waals surface area contributed by atoms with Crippen LogP contribution in [-0.2, 0) is 11.8 Å². The lowest BCUT2D eigenvalue weighted by Crippen LogP contribution is -2.48. The molecule has 0 amide bonds. The van der Waals surface area contributed by atoms with Crippen molar-refractivity contribution in [3.8, 4) is 0 Å². The quantitative estimate of drug-likeness (QED) is 0.636. The van der Waals surface area contributed by atoms with Crippen LogP contribution in [0.15, 0.2) is 17.4 Å². The van der Waals surface area contributed by atoms with Crippen LogP contribution in [0.1, 0.15) is 44.3 Å². The van der Waals surface area contributed by atoms with Crippen LogP contribution < -0.4 is 5.32 Å². The van der Waals surface area contributed by atoms with Crippen molar-refractivity contribution in [2.45, 2.75) is 44.3 Å². The van der Waals surface area contributed by atoms with Gasteiger partial charge in [0.1, 0.15) is 6.10 Å². The maximum absolute atomic E-state index is 10.6. The number of aliphatic imine (C=N–C) groups is 1. The molecule has 0 bridgehead atoms. The minimum Gasteiger partial charge on any atom is -0.388 e. The van der Waals surface area contributed by atoms with E-state index in [1.54, 1.807) is 4.68 Å². The molecule has 0 radical (unpaired) electrons. The first-order chi connectivity index (χ1) is 11.6. The zero-order chi connectivity index (χ0) is 17.0. The summed E-state index contributed by atoms with van der Waals surface area (Å²) in [5.74, 6) is 0.870. The minimum absolute atomic E-state index is 0.00544. The van der Waals surface area contributed by atoms with E-state index >= 15 is 0 Å². The third-order valence-corrected chi connectivity index (χ3v) is 4.85. The summed E-state index contributed by atoms with van der Waals surface area (Å²) in [5, 5.41) is 18.1. The van der Waals surface area contributed by atoms with E-state index in [0.717, 1.165) is 56.8 Å². The molecule has 1 aliphatic carbocycles. The molecule has 1 aliphatic heterocycles. The van der Waals surface area contributed by atoms with Gasteiger partial charge in [-0.2, -0.15) is 5.10 Å². The fourth-order valence-electron chi connectivity index (χ4n) is 3.49. The number of hydrogen-bond donors (Lipinski definition) is 2. The number of morpholine rings is 1. The van der Waals surface area contributed by atoms with Crippen molar-refractivity contribution >= 4 is 5.96 Å². The second kappa shape index (κ2) is 7.53. The topological polar surface area (TPSA) is 74.9 Å². The Morgan fingerprint density at radius 3 is 2.96 bits per heavy atom. The van der Waals surface area contributed by atoms with E-state index < -0.39 is 5.60 Å². The van der Waals surface area contributed by atoms with E-state index in [4.69, 9.17) is 9.73 Å². The van der Waals surface area contributed by atoms with Crippen molar-refractivity contribution in [1.29, 1.82) is 0 Å². The Morgan fingerprint density at radius 1 is 1.50 bits per heavy atom. The summed E-state index contributed by atoms with van der Waals surface area (Å²) >= 11 is 0. The van der Waals surface area contributed by atoms with Crippen LogP contribution in [0.5, 0.6) is 0 Å². The summed E-state index contributed by atoms with van der Waals surface area (Å²) in [6.45, 7) is 5.57. The zero-order valence-corrected chi connectivity index (χ0v) is 14.7. The largest absolute Gasteiger partial charge is 0.388 e. The van der Waals surface area contributed by atoms with Crippen LogP contribution in [0.3, 0.4) is 0 Å². The number of aliphatic hydroxyl groups is 1. The molecule has 1 aromatic heterocycles. The van der Waals surface area contributed by atoms with Crippen molar-refractivity contribution in [3.63, 3.8) is 0 Å². The SMILES string of the molecule is CCNC(=NCC1(O)CCCC1)N1CCOC(c2cnn(C)c2)C1. The molecule has 1 atom stereocenters. The average Bonchev–Trinajstić information content (AvgIpc) is 3.21. The van der Waals surface area contributed by atoms with Gasteiger partial charge < -0.3 is 20.1 Å². The molecule has 1 unspecified atom stereocenters. The Morgan fingerprint density at radius 2 is 2.29 bits per heavy atom. The Labute approximate surface area is 143 Å². The molecule has 1 saturated carbocycles. The number of nitrogens with one attached hydrogen (secondary N) is 1. The van der Waals surface area contributed by atoms with Gasteiger partial charge >= 0.3 is 0 Å². The third-order valence-electron chi connectivity index (χ3n) is 4.85. The van der Waals surface area contributed by atoms with E-state index in [2.05, 4.69) is 22.2 Å². The summed E-state index contributed by atoms with van der Waals surface area (Å²) in [5.41, 5.74) is 0.475. The van der Waals surface area contributed by atoms with Crippen LogP contribution in [0.4, 0.5) is 0 Å².